The second kappa shape index (κ2) is 30.4. The van der Waals surface area contributed by atoms with Gasteiger partial charge in [-0.05, 0) is 76.4 Å². The summed E-state index contributed by atoms with van der Waals surface area (Å²) in [6.07, 6.45) is 18.2. The zero-order valence-corrected chi connectivity index (χ0v) is 41.8. The van der Waals surface area contributed by atoms with Crippen molar-refractivity contribution in [2.24, 2.45) is 0 Å². The highest BCUT2D eigenvalue weighted by Crippen LogP contribution is 2.45. The van der Waals surface area contributed by atoms with Gasteiger partial charge in [0.15, 0.2) is 52.0 Å². The molecule has 378 valence electrons. The largest absolute Gasteiger partial charge is 0.504 e. The number of ether oxygens (including phenoxy) is 6. The molecule has 4 aromatic rings. The maximum Gasteiger partial charge on any atom is 0.342 e. The van der Waals surface area contributed by atoms with Crippen LogP contribution in [0.15, 0.2) is 36.4 Å². The molecular weight excluding hydrogens is 883 g/mol. The number of carbonyl (C=O) groups is 3. The van der Waals surface area contributed by atoms with Crippen molar-refractivity contribution in [3.05, 3.63) is 53.1 Å². The number of nitrogens with zero attached hydrogens (tertiary/aromatic N) is 3. The van der Waals surface area contributed by atoms with Crippen LogP contribution in [-0.2, 0) is 14.2 Å². The number of benzene rings is 3. The Morgan fingerprint density at radius 3 is 0.870 bits per heavy atom. The van der Waals surface area contributed by atoms with Crippen molar-refractivity contribution in [1.82, 2.24) is 15.0 Å². The number of carbonyl (C=O) groups excluding carboxylic acids is 3. The SMILES string of the molecule is CCCCCCCCOC(=O)c1ccc(-c2nc(-c3ccc(C(=O)OCCCCCCCC)c(OCC)c3O)nc(-c3ccc(C(=O)OCCCCCCCC)c(OCC)c3O)n2)c(O)c1OCC. The molecule has 4 rings (SSSR count). The highest BCUT2D eigenvalue weighted by molar-refractivity contribution is 5.97. The fourth-order valence-corrected chi connectivity index (χ4v) is 7.72. The highest BCUT2D eigenvalue weighted by Gasteiger charge is 2.29. The molecule has 0 bridgehead atoms. The predicted octanol–water partition coefficient (Wildman–Crippen LogP) is 12.7. The van der Waals surface area contributed by atoms with Crippen LogP contribution in [0.5, 0.6) is 34.5 Å². The molecule has 0 spiro atoms. The fourth-order valence-electron chi connectivity index (χ4n) is 7.72. The van der Waals surface area contributed by atoms with Gasteiger partial charge in [0.25, 0.3) is 0 Å². The summed E-state index contributed by atoms with van der Waals surface area (Å²) in [6.45, 7) is 12.4. The van der Waals surface area contributed by atoms with Gasteiger partial charge in [-0.3, -0.25) is 0 Å². The van der Waals surface area contributed by atoms with E-state index in [4.69, 9.17) is 28.4 Å². The lowest BCUT2D eigenvalue weighted by Crippen LogP contribution is -2.11. The maximum absolute atomic E-state index is 13.4. The normalized spacial score (nSPS) is 11.0. The number of phenolic OH excluding ortho intramolecular Hbond substituents is 3. The van der Waals surface area contributed by atoms with E-state index >= 15 is 0 Å². The molecule has 0 fully saturated rings. The molecule has 3 aromatic carbocycles. The average molecular weight is 958 g/mol. The number of hydrogen-bond acceptors (Lipinski definition) is 15. The van der Waals surface area contributed by atoms with Gasteiger partial charge in [-0.15, -0.1) is 0 Å². The van der Waals surface area contributed by atoms with Crippen molar-refractivity contribution < 1.29 is 58.1 Å². The molecule has 1 aromatic heterocycles. The summed E-state index contributed by atoms with van der Waals surface area (Å²) in [6, 6.07) is 8.64. The third kappa shape index (κ3) is 16.2. The topological polar surface area (TPSA) is 206 Å². The molecule has 0 aliphatic carbocycles. The number of aromatic hydroxyl groups is 3. The van der Waals surface area contributed by atoms with Crippen LogP contribution >= 0.6 is 0 Å². The van der Waals surface area contributed by atoms with Crippen molar-refractivity contribution in [2.45, 2.75) is 157 Å². The summed E-state index contributed by atoms with van der Waals surface area (Å²) >= 11 is 0. The average Bonchev–Trinajstić information content (AvgIpc) is 3.34. The van der Waals surface area contributed by atoms with Gasteiger partial charge < -0.3 is 43.7 Å². The highest BCUT2D eigenvalue weighted by atomic mass is 16.5. The number of esters is 3. The molecule has 0 saturated carbocycles. The summed E-state index contributed by atoms with van der Waals surface area (Å²) < 4.78 is 34.3. The monoisotopic (exact) mass is 958 g/mol. The first kappa shape index (κ1) is 55.5. The molecule has 0 radical (unpaired) electrons. The van der Waals surface area contributed by atoms with Gasteiger partial charge in [-0.2, -0.15) is 0 Å². The minimum atomic E-state index is -0.677. The molecule has 0 saturated heterocycles. The van der Waals surface area contributed by atoms with E-state index in [1.807, 2.05) is 0 Å². The standard InChI is InChI=1S/C54H75N3O12/c1-7-13-16-19-22-25-34-67-52(61)40-31-28-37(43(58)46(40)64-10-4)49-55-50(38-29-32-41(47(44(38)59)65-11-5)53(62)68-35-26-23-20-17-14-8-2)57-51(56-49)39-30-33-42(48(45(39)60)66-12-6)54(63)69-36-27-24-21-18-15-9-3/h28-33,58-60H,7-27,34-36H2,1-6H3. The van der Waals surface area contributed by atoms with Crippen LogP contribution in [0.4, 0.5) is 0 Å². The first-order chi connectivity index (χ1) is 33.6. The lowest BCUT2D eigenvalue weighted by molar-refractivity contribution is 0.0483. The zero-order valence-electron chi connectivity index (χ0n) is 41.8. The Morgan fingerprint density at radius 1 is 0.377 bits per heavy atom. The lowest BCUT2D eigenvalue weighted by atomic mass is 10.0. The number of rotatable bonds is 33. The molecule has 0 atom stereocenters. The summed E-state index contributed by atoms with van der Waals surface area (Å²) in [5.74, 6) is -4.36. The Labute approximate surface area is 408 Å². The molecule has 3 N–H and O–H groups in total. The molecule has 15 nitrogen and oxygen atoms in total. The zero-order chi connectivity index (χ0) is 50.0. The molecule has 0 aliphatic rings. The van der Waals surface area contributed by atoms with Crippen LogP contribution in [-0.4, -0.2) is 87.8 Å². The van der Waals surface area contributed by atoms with E-state index < -0.39 is 35.2 Å². The Bertz CT molecular complexity index is 1990. The molecule has 0 unspecified atom stereocenters. The summed E-state index contributed by atoms with van der Waals surface area (Å²) in [5, 5.41) is 35.6. The van der Waals surface area contributed by atoms with Crippen molar-refractivity contribution >= 4 is 17.9 Å². The summed E-state index contributed by atoms with van der Waals surface area (Å²) in [4.78, 5) is 54.2. The summed E-state index contributed by atoms with van der Waals surface area (Å²) in [7, 11) is 0. The van der Waals surface area contributed by atoms with Gasteiger partial charge in [-0.25, -0.2) is 29.3 Å². The molecule has 0 aliphatic heterocycles. The number of hydrogen-bond donors (Lipinski definition) is 3. The van der Waals surface area contributed by atoms with Crippen LogP contribution in [0.25, 0.3) is 34.2 Å². The van der Waals surface area contributed by atoms with Crippen LogP contribution in [0, 0.1) is 0 Å². The van der Waals surface area contributed by atoms with Crippen molar-refractivity contribution in [1.29, 1.82) is 0 Å². The number of aromatic nitrogens is 3. The minimum Gasteiger partial charge on any atom is -0.504 e. The van der Waals surface area contributed by atoms with Gasteiger partial charge in [0.1, 0.15) is 16.7 Å². The van der Waals surface area contributed by atoms with Gasteiger partial charge in [0.05, 0.1) is 56.3 Å². The predicted molar refractivity (Wildman–Crippen MR) is 266 cm³/mol. The van der Waals surface area contributed by atoms with Crippen LogP contribution in [0.3, 0.4) is 0 Å². The quantitative estimate of drug-likeness (QED) is 0.0231. The first-order valence-electron chi connectivity index (χ1n) is 25.3. The smallest absolute Gasteiger partial charge is 0.342 e. The van der Waals surface area contributed by atoms with E-state index in [1.54, 1.807) is 20.8 Å². The second-order valence-electron chi connectivity index (χ2n) is 16.8. The van der Waals surface area contributed by atoms with Crippen LogP contribution in [0.2, 0.25) is 0 Å². The third-order valence-electron chi connectivity index (χ3n) is 11.5. The van der Waals surface area contributed by atoms with Gasteiger partial charge in [0.2, 0.25) is 0 Å². The van der Waals surface area contributed by atoms with Crippen LogP contribution < -0.4 is 14.2 Å². The maximum atomic E-state index is 13.4. The van der Waals surface area contributed by atoms with Gasteiger partial charge in [0, 0.05) is 0 Å². The Hall–Kier alpha value is -6.12. The molecular formula is C54H75N3O12. The van der Waals surface area contributed by atoms with E-state index in [9.17, 15) is 29.7 Å². The van der Waals surface area contributed by atoms with Crippen LogP contribution in [0.1, 0.15) is 188 Å². The van der Waals surface area contributed by atoms with E-state index in [2.05, 4.69) is 35.7 Å². The Kier molecular flexibility index (Phi) is 24.4. The van der Waals surface area contributed by atoms with E-state index in [1.165, 1.54) is 36.4 Å². The third-order valence-corrected chi connectivity index (χ3v) is 11.5. The van der Waals surface area contributed by atoms with Crippen molar-refractivity contribution in [3.8, 4) is 68.7 Å². The minimum absolute atomic E-state index is 0.00507. The molecule has 69 heavy (non-hydrogen) atoms. The van der Waals surface area contributed by atoms with E-state index in [0.29, 0.717) is 19.3 Å². The molecule has 0 amide bonds. The molecule has 15 heteroatoms. The van der Waals surface area contributed by atoms with Crippen molar-refractivity contribution in [3.63, 3.8) is 0 Å². The first-order valence-corrected chi connectivity index (χ1v) is 25.3. The van der Waals surface area contributed by atoms with Gasteiger partial charge >= 0.3 is 17.9 Å². The summed E-state index contributed by atoms with van der Waals surface area (Å²) in [5.41, 5.74) is 0.0116. The number of unbranched alkanes of at least 4 members (excludes halogenated alkanes) is 15. The Morgan fingerprint density at radius 2 is 0.623 bits per heavy atom. The van der Waals surface area contributed by atoms with E-state index in [-0.39, 0.29) is 108 Å². The lowest BCUT2D eigenvalue weighted by Gasteiger charge is -2.17. The van der Waals surface area contributed by atoms with Crippen molar-refractivity contribution in [2.75, 3.05) is 39.6 Å². The van der Waals surface area contributed by atoms with E-state index in [0.717, 1.165) is 96.3 Å². The second-order valence-corrected chi connectivity index (χ2v) is 16.8. The number of phenols is 3. The van der Waals surface area contributed by atoms with Gasteiger partial charge in [-0.1, -0.05) is 117 Å². The Balaban J connectivity index is 1.82. The molecule has 1 heterocycles. The fraction of sp³-hybridized carbons (Fsp3) is 0.556.